The third-order valence-electron chi connectivity index (χ3n) is 11.7. The van der Waals surface area contributed by atoms with E-state index in [0.29, 0.717) is 0 Å². The lowest BCUT2D eigenvalue weighted by molar-refractivity contribution is 0.878. The highest BCUT2D eigenvalue weighted by Gasteiger charge is 2.26. The molecule has 0 spiro atoms. The van der Waals surface area contributed by atoms with Gasteiger partial charge in [0.1, 0.15) is 6.04 Å². The number of fused-ring (bicyclic) bond motifs is 6. The van der Waals surface area contributed by atoms with E-state index in [1.165, 1.54) is 75.1 Å². The molecule has 1 unspecified atom stereocenters. The summed E-state index contributed by atoms with van der Waals surface area (Å²) in [6.45, 7) is 4.76. The lowest BCUT2D eigenvalue weighted by Crippen LogP contribution is -2.13. The van der Waals surface area contributed by atoms with E-state index in [1.807, 2.05) is 11.3 Å². The fourth-order valence-electron chi connectivity index (χ4n) is 8.75. The van der Waals surface area contributed by atoms with Crippen LogP contribution in [0.15, 0.2) is 223 Å². The topological polar surface area (TPSA) is 12.4 Å². The summed E-state index contributed by atoms with van der Waals surface area (Å²) in [6.07, 6.45) is 2.28. The fraction of sp³-hybridized carbons (Fsp3) is 0.0179. The van der Waals surface area contributed by atoms with Crippen LogP contribution in [0.4, 0.5) is 0 Å². The predicted octanol–water partition coefficient (Wildman–Crippen LogP) is 15.5. The van der Waals surface area contributed by atoms with Crippen LogP contribution < -0.4 is 0 Å². The van der Waals surface area contributed by atoms with Gasteiger partial charge in [0.15, 0.2) is 0 Å². The predicted molar refractivity (Wildman–Crippen MR) is 250 cm³/mol. The highest BCUT2D eigenvalue weighted by Crippen LogP contribution is 2.46. The molecule has 0 bridgehead atoms. The fourth-order valence-corrected chi connectivity index (χ4v) is 10.0. The molecule has 0 saturated carbocycles. The Hall–Kier alpha value is -7.13. The zero-order valence-electron chi connectivity index (χ0n) is 31.8. The van der Waals surface area contributed by atoms with E-state index in [-0.39, 0.29) is 6.04 Å². The quantitative estimate of drug-likeness (QED) is 0.160. The molecule has 272 valence electrons. The van der Waals surface area contributed by atoms with Crippen LogP contribution in [0.5, 0.6) is 0 Å². The normalized spacial score (nSPS) is 14.3. The van der Waals surface area contributed by atoms with Gasteiger partial charge in [-0.1, -0.05) is 195 Å². The van der Waals surface area contributed by atoms with Crippen molar-refractivity contribution in [3.8, 4) is 33.4 Å². The molecule has 0 radical (unpaired) electrons. The summed E-state index contributed by atoms with van der Waals surface area (Å²) in [5.41, 5.74) is 13.8. The average Bonchev–Trinajstić information content (AvgIpc) is 3.69. The zero-order chi connectivity index (χ0) is 38.6. The first-order chi connectivity index (χ1) is 28.7. The SMILES string of the molecule is C=C1C(c2ccc(-c3ccc(-c4ccccc4)cc3)cc2)=CC(c2cc3sc4c(-c5ccccc5)cccc4c3c3ccccc23)=NC1c1ccc2ccccc2c1. The number of hydrogen-bond acceptors (Lipinski definition) is 2. The van der Waals surface area contributed by atoms with E-state index in [9.17, 15) is 0 Å². The second kappa shape index (κ2) is 14.1. The Labute approximate surface area is 342 Å². The summed E-state index contributed by atoms with van der Waals surface area (Å²) in [4.78, 5) is 5.61. The molecule has 0 saturated heterocycles. The monoisotopic (exact) mass is 755 g/mol. The summed E-state index contributed by atoms with van der Waals surface area (Å²) in [5, 5.41) is 7.47. The standard InChI is InChI=1S/C56H37NS/c1-36-50(43-30-27-41(28-31-43)40-25-23-39(24-26-40)37-13-4-2-5-14-37)34-52(57-55(36)45-32-29-38-15-8-9-18-44(38)33-45)51-35-53-54(48-20-11-10-19-47(48)51)49-22-12-21-46(56(49)58-53)42-16-6-3-7-17-42/h2-35,55H,1H2. The highest BCUT2D eigenvalue weighted by atomic mass is 32.1. The van der Waals surface area contributed by atoms with Crippen LogP contribution in [0.2, 0.25) is 0 Å². The van der Waals surface area contributed by atoms with Crippen LogP contribution >= 0.6 is 11.3 Å². The summed E-state index contributed by atoms with van der Waals surface area (Å²) in [7, 11) is 0. The number of nitrogens with zero attached hydrogens (tertiary/aromatic N) is 1. The van der Waals surface area contributed by atoms with Gasteiger partial charge in [-0.05, 0) is 95.4 Å². The Morgan fingerprint density at radius 2 is 1.00 bits per heavy atom. The molecule has 1 aromatic heterocycles. The van der Waals surface area contributed by atoms with Crippen molar-refractivity contribution in [2.24, 2.45) is 4.99 Å². The van der Waals surface area contributed by atoms with E-state index in [1.54, 1.807) is 0 Å². The van der Waals surface area contributed by atoms with E-state index in [4.69, 9.17) is 11.6 Å². The van der Waals surface area contributed by atoms with Crippen LogP contribution in [0.3, 0.4) is 0 Å². The zero-order valence-corrected chi connectivity index (χ0v) is 32.6. The third kappa shape index (κ3) is 5.89. The van der Waals surface area contributed by atoms with Crippen LogP contribution in [-0.2, 0) is 0 Å². The first-order valence-corrected chi connectivity index (χ1v) is 20.6. The van der Waals surface area contributed by atoms with Gasteiger partial charge in [-0.2, -0.15) is 0 Å². The molecule has 0 N–H and O–H groups in total. The Kier molecular flexibility index (Phi) is 8.31. The summed E-state index contributed by atoms with van der Waals surface area (Å²) in [6, 6.07) is 72.1. The molecule has 1 aliphatic rings. The Morgan fingerprint density at radius 3 is 1.71 bits per heavy atom. The number of aliphatic imine (C=N–C) groups is 1. The molecule has 0 fully saturated rings. The third-order valence-corrected chi connectivity index (χ3v) is 12.9. The lowest BCUT2D eigenvalue weighted by Gasteiger charge is -2.26. The number of thiophene rings is 1. The van der Waals surface area contributed by atoms with Crippen molar-refractivity contribution in [2.75, 3.05) is 0 Å². The summed E-state index contributed by atoms with van der Waals surface area (Å²) in [5.74, 6) is 0. The summed E-state index contributed by atoms with van der Waals surface area (Å²) < 4.78 is 2.57. The number of allylic oxidation sites excluding steroid dienone is 1. The van der Waals surface area contributed by atoms with Crippen molar-refractivity contribution in [3.05, 3.63) is 235 Å². The molecule has 58 heavy (non-hydrogen) atoms. The second-order valence-corrected chi connectivity index (χ2v) is 16.2. The van der Waals surface area contributed by atoms with Crippen molar-refractivity contribution >= 4 is 64.3 Å². The smallest absolute Gasteiger partial charge is 0.101 e. The Balaban J connectivity index is 1.06. The first-order valence-electron chi connectivity index (χ1n) is 19.8. The van der Waals surface area contributed by atoms with E-state index in [0.717, 1.165) is 33.5 Å². The van der Waals surface area contributed by atoms with Gasteiger partial charge < -0.3 is 0 Å². The number of hydrogen-bond donors (Lipinski definition) is 0. The van der Waals surface area contributed by atoms with Gasteiger partial charge in [0.05, 0.1) is 5.71 Å². The molecule has 1 atom stereocenters. The molecular formula is C56H37NS. The average molecular weight is 756 g/mol. The molecule has 9 aromatic carbocycles. The number of benzene rings is 9. The molecule has 2 heterocycles. The van der Waals surface area contributed by atoms with E-state index < -0.39 is 0 Å². The molecule has 10 aromatic rings. The van der Waals surface area contributed by atoms with Gasteiger partial charge in [-0.25, -0.2) is 0 Å². The molecule has 11 rings (SSSR count). The molecule has 0 aliphatic carbocycles. The highest BCUT2D eigenvalue weighted by molar-refractivity contribution is 7.26. The van der Waals surface area contributed by atoms with Crippen molar-refractivity contribution in [1.29, 1.82) is 0 Å². The minimum Gasteiger partial charge on any atom is -0.272 e. The summed E-state index contributed by atoms with van der Waals surface area (Å²) >= 11 is 1.88. The van der Waals surface area contributed by atoms with Gasteiger partial charge in [-0.15, -0.1) is 11.3 Å². The van der Waals surface area contributed by atoms with Crippen LogP contribution in [-0.4, -0.2) is 5.71 Å². The van der Waals surface area contributed by atoms with Crippen molar-refractivity contribution in [2.45, 2.75) is 6.04 Å². The maximum Gasteiger partial charge on any atom is 0.101 e. The maximum atomic E-state index is 5.61. The molecule has 1 nitrogen and oxygen atoms in total. The number of rotatable bonds is 6. The van der Waals surface area contributed by atoms with Gasteiger partial charge in [0, 0.05) is 25.7 Å². The molecule has 2 heteroatoms. The molecule has 0 amide bonds. The van der Waals surface area contributed by atoms with E-state index >= 15 is 0 Å². The van der Waals surface area contributed by atoms with Gasteiger partial charge in [-0.3, -0.25) is 4.99 Å². The van der Waals surface area contributed by atoms with E-state index in [2.05, 4.69) is 206 Å². The van der Waals surface area contributed by atoms with Crippen molar-refractivity contribution in [1.82, 2.24) is 0 Å². The number of dihydropyridines is 1. The molecule has 1 aliphatic heterocycles. The van der Waals surface area contributed by atoms with Crippen LogP contribution in [0.1, 0.15) is 22.7 Å². The van der Waals surface area contributed by atoms with Gasteiger partial charge in [0.25, 0.3) is 0 Å². The van der Waals surface area contributed by atoms with Crippen molar-refractivity contribution < 1.29 is 0 Å². The lowest BCUT2D eigenvalue weighted by atomic mass is 9.84. The first kappa shape index (κ1) is 34.1. The Bertz CT molecular complexity index is 3260. The van der Waals surface area contributed by atoms with Crippen molar-refractivity contribution in [3.63, 3.8) is 0 Å². The molecular weight excluding hydrogens is 719 g/mol. The van der Waals surface area contributed by atoms with Gasteiger partial charge >= 0.3 is 0 Å². The Morgan fingerprint density at radius 1 is 0.431 bits per heavy atom. The minimum absolute atomic E-state index is 0.244. The minimum atomic E-state index is -0.244. The second-order valence-electron chi connectivity index (χ2n) is 15.1. The largest absolute Gasteiger partial charge is 0.272 e. The van der Waals surface area contributed by atoms with Gasteiger partial charge in [0.2, 0.25) is 0 Å². The van der Waals surface area contributed by atoms with Crippen LogP contribution in [0.25, 0.3) is 80.7 Å². The maximum absolute atomic E-state index is 5.61. The van der Waals surface area contributed by atoms with Crippen LogP contribution in [0, 0.1) is 0 Å².